The molecule has 6 heteroatoms. The van der Waals surface area contributed by atoms with Gasteiger partial charge >= 0.3 is 0 Å². The highest BCUT2D eigenvalue weighted by Gasteiger charge is 2.30. The van der Waals surface area contributed by atoms with E-state index in [1.54, 1.807) is 6.92 Å². The van der Waals surface area contributed by atoms with Crippen molar-refractivity contribution in [2.45, 2.75) is 44.6 Å². The molecule has 124 valence electrons. The van der Waals surface area contributed by atoms with Crippen LogP contribution in [0.15, 0.2) is 23.1 Å². The van der Waals surface area contributed by atoms with Gasteiger partial charge in [0.1, 0.15) is 5.82 Å². The standard InChI is InChI=1S/C16H24FNO3S/c1-12(2)11-21-15-6-8-18(9-7-15)22(19,20)16-5-4-14(17)10-13(16)3/h4-5,10,12,15H,6-9,11H2,1-3H3. The maximum atomic E-state index is 13.2. The van der Waals surface area contributed by atoms with Crippen LogP contribution in [0.5, 0.6) is 0 Å². The zero-order valence-corrected chi connectivity index (χ0v) is 14.2. The van der Waals surface area contributed by atoms with E-state index in [0.717, 1.165) is 0 Å². The number of hydrogen-bond donors (Lipinski definition) is 0. The summed E-state index contributed by atoms with van der Waals surface area (Å²) in [5, 5.41) is 0. The van der Waals surface area contributed by atoms with E-state index in [4.69, 9.17) is 4.74 Å². The Bertz CT molecular complexity index is 608. The van der Waals surface area contributed by atoms with E-state index in [0.29, 0.717) is 44.0 Å². The second kappa shape index (κ2) is 7.06. The zero-order valence-electron chi connectivity index (χ0n) is 13.4. The molecule has 1 aromatic carbocycles. The Hall–Kier alpha value is -0.980. The minimum Gasteiger partial charge on any atom is -0.378 e. The van der Waals surface area contributed by atoms with Crippen molar-refractivity contribution < 1.29 is 17.5 Å². The highest BCUT2D eigenvalue weighted by molar-refractivity contribution is 7.89. The van der Waals surface area contributed by atoms with E-state index in [-0.39, 0.29) is 11.0 Å². The van der Waals surface area contributed by atoms with Crippen LogP contribution in [0.25, 0.3) is 0 Å². The molecule has 1 heterocycles. The van der Waals surface area contributed by atoms with E-state index in [2.05, 4.69) is 13.8 Å². The lowest BCUT2D eigenvalue weighted by molar-refractivity contribution is 0.00748. The second-order valence-corrected chi connectivity index (χ2v) is 8.15. The van der Waals surface area contributed by atoms with Gasteiger partial charge in [0, 0.05) is 19.7 Å². The summed E-state index contributed by atoms with van der Waals surface area (Å²) in [6.45, 7) is 7.40. The fourth-order valence-corrected chi connectivity index (χ4v) is 4.28. The Balaban J connectivity index is 2.03. The monoisotopic (exact) mass is 329 g/mol. The Morgan fingerprint density at radius 1 is 1.32 bits per heavy atom. The highest BCUT2D eigenvalue weighted by Crippen LogP contribution is 2.25. The summed E-state index contributed by atoms with van der Waals surface area (Å²) in [4.78, 5) is 0.190. The van der Waals surface area contributed by atoms with Crippen LogP contribution in [-0.2, 0) is 14.8 Å². The number of ether oxygens (including phenoxy) is 1. The molecule has 0 aromatic heterocycles. The summed E-state index contributed by atoms with van der Waals surface area (Å²) in [5.41, 5.74) is 0.443. The molecule has 0 saturated carbocycles. The molecular formula is C16H24FNO3S. The summed E-state index contributed by atoms with van der Waals surface area (Å²) in [6.07, 6.45) is 1.53. The number of halogens is 1. The summed E-state index contributed by atoms with van der Waals surface area (Å²) < 4.78 is 45.7. The van der Waals surface area contributed by atoms with E-state index in [1.165, 1.54) is 22.5 Å². The van der Waals surface area contributed by atoms with Crippen molar-refractivity contribution in [2.24, 2.45) is 5.92 Å². The maximum absolute atomic E-state index is 13.2. The van der Waals surface area contributed by atoms with Crippen molar-refractivity contribution in [1.29, 1.82) is 0 Å². The normalized spacial score (nSPS) is 18.0. The molecular weight excluding hydrogens is 305 g/mol. The van der Waals surface area contributed by atoms with Gasteiger partial charge in [0.2, 0.25) is 10.0 Å². The predicted molar refractivity (Wildman–Crippen MR) is 83.7 cm³/mol. The molecule has 1 aliphatic heterocycles. The van der Waals surface area contributed by atoms with Crippen molar-refractivity contribution in [2.75, 3.05) is 19.7 Å². The number of rotatable bonds is 5. The SMILES string of the molecule is Cc1cc(F)ccc1S(=O)(=O)N1CCC(OCC(C)C)CC1. The molecule has 4 nitrogen and oxygen atoms in total. The van der Waals surface area contributed by atoms with Crippen molar-refractivity contribution in [3.05, 3.63) is 29.6 Å². The Morgan fingerprint density at radius 2 is 1.95 bits per heavy atom. The summed E-state index contributed by atoms with van der Waals surface area (Å²) in [5.74, 6) is 0.0564. The van der Waals surface area contributed by atoms with Gasteiger partial charge in [0.25, 0.3) is 0 Å². The fraction of sp³-hybridized carbons (Fsp3) is 0.625. The highest BCUT2D eigenvalue weighted by atomic mass is 32.2. The van der Waals surface area contributed by atoms with Crippen molar-refractivity contribution in [3.63, 3.8) is 0 Å². The van der Waals surface area contributed by atoms with Crippen molar-refractivity contribution in [3.8, 4) is 0 Å². The van der Waals surface area contributed by atoms with E-state index >= 15 is 0 Å². The van der Waals surface area contributed by atoms with E-state index in [9.17, 15) is 12.8 Å². The topological polar surface area (TPSA) is 46.6 Å². The third-order valence-corrected chi connectivity index (χ3v) is 5.88. The molecule has 0 radical (unpaired) electrons. The van der Waals surface area contributed by atoms with Crippen molar-refractivity contribution in [1.82, 2.24) is 4.31 Å². The third kappa shape index (κ3) is 4.06. The van der Waals surface area contributed by atoms with Crippen molar-refractivity contribution >= 4 is 10.0 Å². The summed E-state index contributed by atoms with van der Waals surface area (Å²) in [7, 11) is -3.55. The Labute approximate surface area is 132 Å². The molecule has 2 rings (SSSR count). The van der Waals surface area contributed by atoms with Gasteiger partial charge in [0.15, 0.2) is 0 Å². The van der Waals surface area contributed by atoms with E-state index < -0.39 is 15.8 Å². The molecule has 0 unspecified atom stereocenters. The number of aryl methyl sites for hydroxylation is 1. The van der Waals surface area contributed by atoms with Crippen LogP contribution < -0.4 is 0 Å². The Morgan fingerprint density at radius 3 is 2.50 bits per heavy atom. The lowest BCUT2D eigenvalue weighted by Gasteiger charge is -2.31. The lowest BCUT2D eigenvalue weighted by atomic mass is 10.1. The number of benzene rings is 1. The van der Waals surface area contributed by atoms with Crippen LogP contribution in [-0.4, -0.2) is 38.5 Å². The van der Waals surface area contributed by atoms with Crippen LogP contribution >= 0.6 is 0 Å². The third-order valence-electron chi connectivity index (χ3n) is 3.82. The molecule has 22 heavy (non-hydrogen) atoms. The predicted octanol–water partition coefficient (Wildman–Crippen LogP) is 2.96. The zero-order chi connectivity index (χ0) is 16.3. The fourth-order valence-electron chi connectivity index (χ4n) is 2.61. The molecule has 0 bridgehead atoms. The first-order chi connectivity index (χ1) is 10.3. The van der Waals surface area contributed by atoms with Crippen LogP contribution in [0, 0.1) is 18.7 Å². The van der Waals surface area contributed by atoms with Gasteiger partial charge in [-0.1, -0.05) is 13.8 Å². The van der Waals surface area contributed by atoms with Crippen LogP contribution in [0.1, 0.15) is 32.3 Å². The minimum atomic E-state index is -3.55. The molecule has 0 aliphatic carbocycles. The van der Waals surface area contributed by atoms with Gasteiger partial charge in [-0.15, -0.1) is 0 Å². The van der Waals surface area contributed by atoms with Gasteiger partial charge in [-0.05, 0) is 49.4 Å². The number of piperidine rings is 1. The largest absolute Gasteiger partial charge is 0.378 e. The molecule has 0 N–H and O–H groups in total. The summed E-state index contributed by atoms with van der Waals surface area (Å²) >= 11 is 0. The average Bonchev–Trinajstić information content (AvgIpc) is 2.45. The van der Waals surface area contributed by atoms with Crippen LogP contribution in [0.4, 0.5) is 4.39 Å². The number of nitrogens with zero attached hydrogens (tertiary/aromatic N) is 1. The van der Waals surface area contributed by atoms with Gasteiger partial charge in [-0.2, -0.15) is 4.31 Å². The molecule has 1 aliphatic rings. The average molecular weight is 329 g/mol. The number of sulfonamides is 1. The smallest absolute Gasteiger partial charge is 0.243 e. The van der Waals surface area contributed by atoms with Crippen LogP contribution in [0.2, 0.25) is 0 Å². The minimum absolute atomic E-state index is 0.128. The maximum Gasteiger partial charge on any atom is 0.243 e. The Kier molecular flexibility index (Phi) is 5.58. The molecule has 1 aromatic rings. The first-order valence-electron chi connectivity index (χ1n) is 7.68. The lowest BCUT2D eigenvalue weighted by Crippen LogP contribution is -2.41. The first-order valence-corrected chi connectivity index (χ1v) is 9.12. The number of hydrogen-bond acceptors (Lipinski definition) is 3. The molecule has 0 amide bonds. The first kappa shape index (κ1) is 17.4. The van der Waals surface area contributed by atoms with Gasteiger partial charge in [-0.3, -0.25) is 0 Å². The van der Waals surface area contributed by atoms with Gasteiger partial charge in [-0.25, -0.2) is 12.8 Å². The molecule has 0 spiro atoms. The van der Waals surface area contributed by atoms with Crippen LogP contribution in [0.3, 0.4) is 0 Å². The summed E-state index contributed by atoms with van der Waals surface area (Å²) in [6, 6.07) is 3.80. The second-order valence-electron chi connectivity index (χ2n) is 6.24. The molecule has 1 saturated heterocycles. The van der Waals surface area contributed by atoms with Gasteiger partial charge < -0.3 is 4.74 Å². The van der Waals surface area contributed by atoms with Gasteiger partial charge in [0.05, 0.1) is 11.0 Å². The molecule has 1 fully saturated rings. The van der Waals surface area contributed by atoms with E-state index in [1.807, 2.05) is 0 Å². The molecule has 0 atom stereocenters. The quantitative estimate of drug-likeness (QED) is 0.834.